The minimum absolute atomic E-state index is 0.151. The molecule has 2 heterocycles. The van der Waals surface area contributed by atoms with E-state index in [0.717, 1.165) is 25.9 Å². The highest BCUT2D eigenvalue weighted by Crippen LogP contribution is 2.31. The molecule has 6 heteroatoms. The maximum Gasteiger partial charge on any atom is 0.263 e. The Hall–Kier alpha value is -0.950. The number of hydrogen-bond donors (Lipinski definition) is 2. The summed E-state index contributed by atoms with van der Waals surface area (Å²) in [5, 5.41) is 2.12. The van der Waals surface area contributed by atoms with Gasteiger partial charge in [-0.3, -0.25) is 15.1 Å². The fourth-order valence-electron chi connectivity index (χ4n) is 2.77. The van der Waals surface area contributed by atoms with Crippen molar-refractivity contribution in [3.63, 3.8) is 0 Å². The predicted octanol–water partition coefficient (Wildman–Crippen LogP) is 1.25. The zero-order chi connectivity index (χ0) is 13.9. The Kier molecular flexibility index (Phi) is 4.35. The molecule has 1 aromatic heterocycles. The summed E-state index contributed by atoms with van der Waals surface area (Å²) in [6.45, 7) is 1.91. The molecule has 5 nitrogen and oxygen atoms in total. The molecule has 1 aliphatic carbocycles. The molecule has 1 saturated carbocycles. The maximum absolute atomic E-state index is 11.5. The second kappa shape index (κ2) is 6.22. The molecule has 1 aliphatic heterocycles. The van der Waals surface area contributed by atoms with Crippen LogP contribution < -0.4 is 11.3 Å². The quantitative estimate of drug-likeness (QED) is 0.471. The van der Waals surface area contributed by atoms with Gasteiger partial charge in [-0.2, -0.15) is 0 Å². The van der Waals surface area contributed by atoms with Crippen LogP contribution in [0.2, 0.25) is 0 Å². The summed E-state index contributed by atoms with van der Waals surface area (Å²) in [6.07, 6.45) is 4.05. The van der Waals surface area contributed by atoms with Crippen molar-refractivity contribution in [3.05, 3.63) is 22.4 Å². The Balaban J connectivity index is 1.54. The lowest BCUT2D eigenvalue weighted by molar-refractivity contribution is -0.132. The molecule has 2 fully saturated rings. The first kappa shape index (κ1) is 14.0. The summed E-state index contributed by atoms with van der Waals surface area (Å²) < 4.78 is 5.81. The van der Waals surface area contributed by atoms with Gasteiger partial charge >= 0.3 is 0 Å². The third-order valence-corrected chi connectivity index (χ3v) is 4.84. The first-order valence-electron chi connectivity index (χ1n) is 7.18. The normalized spacial score (nSPS) is 26.1. The Morgan fingerprint density at radius 2 is 2.30 bits per heavy atom. The van der Waals surface area contributed by atoms with Crippen LogP contribution in [0, 0.1) is 0 Å². The molecule has 0 radical (unpaired) electrons. The molecule has 2 aliphatic rings. The number of nitrogens with zero attached hydrogens (tertiary/aromatic N) is 1. The first-order valence-corrected chi connectivity index (χ1v) is 8.06. The molecule has 0 spiro atoms. The smallest absolute Gasteiger partial charge is 0.263 e. The van der Waals surface area contributed by atoms with Crippen LogP contribution in [0.1, 0.15) is 30.6 Å². The van der Waals surface area contributed by atoms with Crippen LogP contribution in [0.25, 0.3) is 0 Å². The SMILES string of the molecule is NNC(=O)C1CCC(CN(Cc2cccs2)C2CC2)O1. The fraction of sp³-hybridized carbons (Fsp3) is 0.643. The van der Waals surface area contributed by atoms with Gasteiger partial charge in [0.15, 0.2) is 0 Å². The maximum atomic E-state index is 11.5. The molecular formula is C14H21N3O2S. The molecule has 1 saturated heterocycles. The Morgan fingerprint density at radius 3 is 2.95 bits per heavy atom. The van der Waals surface area contributed by atoms with Gasteiger partial charge in [0.1, 0.15) is 6.10 Å². The number of ether oxygens (including phenoxy) is 1. The lowest BCUT2D eigenvalue weighted by Gasteiger charge is -2.24. The summed E-state index contributed by atoms with van der Waals surface area (Å²) in [4.78, 5) is 15.4. The summed E-state index contributed by atoms with van der Waals surface area (Å²) in [5.41, 5.74) is 2.18. The number of hydrazine groups is 1. The number of carbonyl (C=O) groups excluding carboxylic acids is 1. The van der Waals surface area contributed by atoms with E-state index in [2.05, 4.69) is 27.8 Å². The molecule has 2 atom stereocenters. The van der Waals surface area contributed by atoms with Crippen LogP contribution >= 0.6 is 11.3 Å². The van der Waals surface area contributed by atoms with Gasteiger partial charge in [-0.15, -0.1) is 11.3 Å². The highest BCUT2D eigenvalue weighted by Gasteiger charge is 2.35. The molecule has 20 heavy (non-hydrogen) atoms. The fourth-order valence-corrected chi connectivity index (χ4v) is 3.50. The summed E-state index contributed by atoms with van der Waals surface area (Å²) in [7, 11) is 0. The van der Waals surface area contributed by atoms with Gasteiger partial charge in [0.2, 0.25) is 0 Å². The highest BCUT2D eigenvalue weighted by atomic mass is 32.1. The van der Waals surface area contributed by atoms with Crippen molar-refractivity contribution in [2.75, 3.05) is 6.54 Å². The van der Waals surface area contributed by atoms with E-state index in [0.29, 0.717) is 6.04 Å². The van der Waals surface area contributed by atoms with Crippen LogP contribution in [0.3, 0.4) is 0 Å². The lowest BCUT2D eigenvalue weighted by Crippen LogP contribution is -2.40. The van der Waals surface area contributed by atoms with Crippen molar-refractivity contribution in [2.24, 2.45) is 5.84 Å². The summed E-state index contributed by atoms with van der Waals surface area (Å²) >= 11 is 1.80. The van der Waals surface area contributed by atoms with Crippen molar-refractivity contribution in [2.45, 2.75) is 50.5 Å². The van der Waals surface area contributed by atoms with Crippen LogP contribution in [-0.2, 0) is 16.1 Å². The number of carbonyl (C=O) groups is 1. The summed E-state index contributed by atoms with van der Waals surface area (Å²) in [5.74, 6) is 4.95. The zero-order valence-electron chi connectivity index (χ0n) is 11.5. The van der Waals surface area contributed by atoms with E-state index in [1.54, 1.807) is 11.3 Å². The minimum atomic E-state index is -0.368. The third kappa shape index (κ3) is 3.38. The van der Waals surface area contributed by atoms with Crippen molar-refractivity contribution in [3.8, 4) is 0 Å². The van der Waals surface area contributed by atoms with Gasteiger partial charge in [0.25, 0.3) is 5.91 Å². The molecule has 0 bridgehead atoms. The number of nitrogens with one attached hydrogen (secondary N) is 1. The van der Waals surface area contributed by atoms with E-state index >= 15 is 0 Å². The third-order valence-electron chi connectivity index (χ3n) is 3.98. The molecule has 2 unspecified atom stereocenters. The van der Waals surface area contributed by atoms with E-state index in [4.69, 9.17) is 10.6 Å². The van der Waals surface area contributed by atoms with Gasteiger partial charge in [0, 0.05) is 24.0 Å². The Bertz CT molecular complexity index is 447. The molecule has 3 N–H and O–H groups in total. The van der Waals surface area contributed by atoms with Crippen LogP contribution in [0.15, 0.2) is 17.5 Å². The minimum Gasteiger partial charge on any atom is -0.364 e. The van der Waals surface area contributed by atoms with E-state index in [-0.39, 0.29) is 18.1 Å². The van der Waals surface area contributed by atoms with Gasteiger partial charge in [-0.25, -0.2) is 5.84 Å². The van der Waals surface area contributed by atoms with Crippen LogP contribution in [-0.4, -0.2) is 35.6 Å². The van der Waals surface area contributed by atoms with Gasteiger partial charge in [-0.05, 0) is 37.1 Å². The first-order chi connectivity index (χ1) is 9.76. The van der Waals surface area contributed by atoms with Crippen LogP contribution in [0.4, 0.5) is 0 Å². The number of rotatable bonds is 6. The molecule has 3 rings (SSSR count). The second-order valence-electron chi connectivity index (χ2n) is 5.57. The number of nitrogens with two attached hydrogens (primary N) is 1. The predicted molar refractivity (Wildman–Crippen MR) is 78.0 cm³/mol. The highest BCUT2D eigenvalue weighted by molar-refractivity contribution is 7.09. The molecule has 110 valence electrons. The average Bonchev–Trinajstić information content (AvgIpc) is 2.99. The van der Waals surface area contributed by atoms with E-state index < -0.39 is 0 Å². The summed E-state index contributed by atoms with van der Waals surface area (Å²) in [6, 6.07) is 4.97. The van der Waals surface area contributed by atoms with E-state index in [1.807, 2.05) is 0 Å². The molecular weight excluding hydrogens is 274 g/mol. The monoisotopic (exact) mass is 295 g/mol. The van der Waals surface area contributed by atoms with Gasteiger partial charge < -0.3 is 4.74 Å². The standard InChI is InChI=1S/C14H21N3O2S/c15-16-14(18)13-6-5-11(19-13)8-17(10-3-4-10)9-12-2-1-7-20-12/h1-2,7,10-11,13H,3-6,8-9,15H2,(H,16,18). The topological polar surface area (TPSA) is 67.6 Å². The number of hydrogen-bond acceptors (Lipinski definition) is 5. The molecule has 1 amide bonds. The van der Waals surface area contributed by atoms with Crippen molar-refractivity contribution in [1.82, 2.24) is 10.3 Å². The zero-order valence-corrected chi connectivity index (χ0v) is 12.3. The van der Waals surface area contributed by atoms with Crippen molar-refractivity contribution >= 4 is 17.2 Å². The average molecular weight is 295 g/mol. The van der Waals surface area contributed by atoms with Gasteiger partial charge in [0.05, 0.1) is 6.10 Å². The van der Waals surface area contributed by atoms with E-state index in [9.17, 15) is 4.79 Å². The molecule has 1 aromatic rings. The number of thiophene rings is 1. The van der Waals surface area contributed by atoms with Crippen LogP contribution in [0.5, 0.6) is 0 Å². The van der Waals surface area contributed by atoms with Crippen molar-refractivity contribution in [1.29, 1.82) is 0 Å². The number of amides is 1. The largest absolute Gasteiger partial charge is 0.364 e. The Labute approximate surface area is 123 Å². The lowest BCUT2D eigenvalue weighted by atomic mass is 10.2. The van der Waals surface area contributed by atoms with Gasteiger partial charge in [-0.1, -0.05) is 6.07 Å². The second-order valence-corrected chi connectivity index (χ2v) is 6.60. The Morgan fingerprint density at radius 1 is 1.45 bits per heavy atom. The molecule has 0 aromatic carbocycles. The van der Waals surface area contributed by atoms with E-state index in [1.165, 1.54) is 17.7 Å². The van der Waals surface area contributed by atoms with Crippen molar-refractivity contribution < 1.29 is 9.53 Å².